The number of hydrogen-bond donors (Lipinski definition) is 1. The van der Waals surface area contributed by atoms with E-state index in [-0.39, 0.29) is 6.54 Å². The molecule has 0 aliphatic rings. The van der Waals surface area contributed by atoms with Crippen LogP contribution in [0.5, 0.6) is 0 Å². The third-order valence-corrected chi connectivity index (χ3v) is 3.95. The quantitative estimate of drug-likeness (QED) is 0.910. The first-order chi connectivity index (χ1) is 9.04. The number of hydrogen-bond acceptors (Lipinski definition) is 3. The molecule has 19 heavy (non-hydrogen) atoms. The fourth-order valence-electron chi connectivity index (χ4n) is 1.89. The molecule has 3 nitrogen and oxygen atoms in total. The van der Waals surface area contributed by atoms with Gasteiger partial charge in [-0.1, -0.05) is 29.8 Å². The zero-order valence-electron chi connectivity index (χ0n) is 11.1. The molecule has 0 aliphatic heterocycles. The van der Waals surface area contributed by atoms with Crippen molar-refractivity contribution in [1.82, 2.24) is 4.90 Å². The van der Waals surface area contributed by atoms with Crippen LogP contribution < -0.4 is 0 Å². The average molecular weight is 275 g/mol. The number of thiophene rings is 1. The Balaban J connectivity index is 2.06. The summed E-state index contributed by atoms with van der Waals surface area (Å²) in [5.74, 6) is -0.794. The summed E-state index contributed by atoms with van der Waals surface area (Å²) in [4.78, 5) is 14.8. The largest absolute Gasteiger partial charge is 0.480 e. The number of rotatable bonds is 5. The lowest BCUT2D eigenvalue weighted by atomic mass is 10.1. The number of benzene rings is 1. The van der Waals surface area contributed by atoms with Gasteiger partial charge in [0.15, 0.2) is 0 Å². The molecule has 100 valence electrons. The minimum Gasteiger partial charge on any atom is -0.480 e. The number of carbonyl (C=O) groups is 1. The molecule has 0 fully saturated rings. The third-order valence-electron chi connectivity index (χ3n) is 2.83. The van der Waals surface area contributed by atoms with Gasteiger partial charge in [0.05, 0.1) is 6.54 Å². The fraction of sp³-hybridized carbons (Fsp3) is 0.267. The van der Waals surface area contributed by atoms with Gasteiger partial charge in [-0.3, -0.25) is 9.69 Å². The summed E-state index contributed by atoms with van der Waals surface area (Å²) in [6.07, 6.45) is 0. The Morgan fingerprint density at radius 3 is 2.53 bits per heavy atom. The first kappa shape index (κ1) is 13.8. The van der Waals surface area contributed by atoms with Crippen molar-refractivity contribution in [1.29, 1.82) is 0 Å². The van der Waals surface area contributed by atoms with Crippen LogP contribution in [0.15, 0.2) is 36.4 Å². The van der Waals surface area contributed by atoms with E-state index in [9.17, 15) is 4.79 Å². The van der Waals surface area contributed by atoms with Crippen LogP contribution in [-0.2, 0) is 11.3 Å². The molecule has 0 saturated heterocycles. The van der Waals surface area contributed by atoms with E-state index in [0.717, 1.165) is 0 Å². The standard InChI is InChI=1S/C15H17NO2S/c1-11-3-5-12(6-4-11)14-8-7-13(19-14)9-16(2)10-15(17)18/h3-8H,9-10H2,1-2H3,(H,17,18). The molecule has 2 rings (SSSR count). The lowest BCUT2D eigenvalue weighted by Crippen LogP contribution is -2.24. The Hall–Kier alpha value is -1.65. The second kappa shape index (κ2) is 5.99. The Kier molecular flexibility index (Phi) is 4.35. The van der Waals surface area contributed by atoms with Crippen LogP contribution in [0.3, 0.4) is 0 Å². The van der Waals surface area contributed by atoms with Crippen molar-refractivity contribution in [3.05, 3.63) is 46.8 Å². The SMILES string of the molecule is Cc1ccc(-c2ccc(CN(C)CC(=O)O)s2)cc1. The third kappa shape index (κ3) is 3.91. The molecule has 1 N–H and O–H groups in total. The van der Waals surface area contributed by atoms with Gasteiger partial charge in [0.1, 0.15) is 0 Å². The highest BCUT2D eigenvalue weighted by molar-refractivity contribution is 7.15. The molecule has 0 amide bonds. The smallest absolute Gasteiger partial charge is 0.317 e. The van der Waals surface area contributed by atoms with Crippen molar-refractivity contribution >= 4 is 17.3 Å². The van der Waals surface area contributed by atoms with Crippen LogP contribution >= 0.6 is 11.3 Å². The maximum Gasteiger partial charge on any atom is 0.317 e. The van der Waals surface area contributed by atoms with E-state index in [1.165, 1.54) is 20.9 Å². The maximum absolute atomic E-state index is 10.6. The molecule has 2 aromatic rings. The molecule has 0 aliphatic carbocycles. The highest BCUT2D eigenvalue weighted by Gasteiger charge is 2.08. The molecule has 0 bridgehead atoms. The second-order valence-corrected chi connectivity index (χ2v) is 5.87. The van der Waals surface area contributed by atoms with E-state index in [2.05, 4.69) is 43.3 Å². The molecule has 0 radical (unpaired) electrons. The van der Waals surface area contributed by atoms with Crippen LogP contribution in [0.2, 0.25) is 0 Å². The summed E-state index contributed by atoms with van der Waals surface area (Å²) < 4.78 is 0. The Labute approximate surface area is 117 Å². The van der Waals surface area contributed by atoms with Crippen molar-refractivity contribution < 1.29 is 9.90 Å². The van der Waals surface area contributed by atoms with Crippen LogP contribution in [0.1, 0.15) is 10.4 Å². The minimum atomic E-state index is -0.794. The first-order valence-corrected chi connectivity index (χ1v) is 6.92. The molecule has 1 aromatic carbocycles. The van der Waals surface area contributed by atoms with Gasteiger partial charge < -0.3 is 5.11 Å². The number of aliphatic carboxylic acids is 1. The van der Waals surface area contributed by atoms with E-state index in [1.54, 1.807) is 16.2 Å². The summed E-state index contributed by atoms with van der Waals surface area (Å²) in [5, 5.41) is 8.73. The molecule has 1 aromatic heterocycles. The summed E-state index contributed by atoms with van der Waals surface area (Å²) in [6, 6.07) is 12.6. The van der Waals surface area contributed by atoms with E-state index >= 15 is 0 Å². The lowest BCUT2D eigenvalue weighted by Gasteiger charge is -2.11. The molecule has 0 unspecified atom stereocenters. The van der Waals surface area contributed by atoms with Crippen molar-refractivity contribution in [2.45, 2.75) is 13.5 Å². The van der Waals surface area contributed by atoms with Crippen molar-refractivity contribution in [3.8, 4) is 10.4 Å². The van der Waals surface area contributed by atoms with E-state index < -0.39 is 5.97 Å². The van der Waals surface area contributed by atoms with Crippen LogP contribution in [0.25, 0.3) is 10.4 Å². The number of nitrogens with zero attached hydrogens (tertiary/aromatic N) is 1. The van der Waals surface area contributed by atoms with E-state index in [1.807, 2.05) is 7.05 Å². The molecule has 0 spiro atoms. The zero-order chi connectivity index (χ0) is 13.8. The number of likely N-dealkylation sites (N-methyl/N-ethyl adjacent to an activating group) is 1. The van der Waals surface area contributed by atoms with E-state index in [0.29, 0.717) is 6.54 Å². The fourth-order valence-corrected chi connectivity index (χ4v) is 2.98. The van der Waals surface area contributed by atoms with Crippen molar-refractivity contribution in [2.24, 2.45) is 0 Å². The Morgan fingerprint density at radius 2 is 1.89 bits per heavy atom. The van der Waals surface area contributed by atoms with E-state index in [4.69, 9.17) is 5.11 Å². The van der Waals surface area contributed by atoms with Crippen LogP contribution in [0.4, 0.5) is 0 Å². The van der Waals surface area contributed by atoms with Gasteiger partial charge in [-0.2, -0.15) is 0 Å². The van der Waals surface area contributed by atoms with Gasteiger partial charge in [-0.05, 0) is 31.7 Å². The predicted octanol–water partition coefficient (Wildman–Crippen LogP) is 3.24. The molecule has 0 atom stereocenters. The molecule has 0 saturated carbocycles. The lowest BCUT2D eigenvalue weighted by molar-refractivity contribution is -0.138. The van der Waals surface area contributed by atoms with Gasteiger partial charge in [0.2, 0.25) is 0 Å². The van der Waals surface area contributed by atoms with Gasteiger partial charge in [-0.25, -0.2) is 0 Å². The highest BCUT2D eigenvalue weighted by atomic mass is 32.1. The van der Waals surface area contributed by atoms with Gasteiger partial charge in [-0.15, -0.1) is 11.3 Å². The van der Waals surface area contributed by atoms with Crippen LogP contribution in [-0.4, -0.2) is 29.6 Å². The molecular formula is C15H17NO2S. The monoisotopic (exact) mass is 275 g/mol. The van der Waals surface area contributed by atoms with Crippen LogP contribution in [0, 0.1) is 6.92 Å². The number of aryl methyl sites for hydroxylation is 1. The Bertz CT molecular complexity index is 560. The number of carboxylic acids is 1. The summed E-state index contributed by atoms with van der Waals surface area (Å²) in [5.41, 5.74) is 2.46. The van der Waals surface area contributed by atoms with Gasteiger partial charge in [0, 0.05) is 16.3 Å². The Morgan fingerprint density at radius 1 is 1.21 bits per heavy atom. The zero-order valence-corrected chi connectivity index (χ0v) is 11.9. The van der Waals surface area contributed by atoms with Gasteiger partial charge >= 0.3 is 5.97 Å². The van der Waals surface area contributed by atoms with Gasteiger partial charge in [0.25, 0.3) is 0 Å². The van der Waals surface area contributed by atoms with Crippen molar-refractivity contribution in [3.63, 3.8) is 0 Å². The normalized spacial score (nSPS) is 10.9. The molecule has 4 heteroatoms. The predicted molar refractivity (Wildman–Crippen MR) is 78.5 cm³/mol. The molecular weight excluding hydrogens is 258 g/mol. The highest BCUT2D eigenvalue weighted by Crippen LogP contribution is 2.28. The number of carboxylic acid groups (broad SMARTS) is 1. The average Bonchev–Trinajstić information content (AvgIpc) is 2.77. The summed E-state index contributed by atoms with van der Waals surface area (Å²) >= 11 is 1.71. The minimum absolute atomic E-state index is 0.0672. The maximum atomic E-state index is 10.6. The first-order valence-electron chi connectivity index (χ1n) is 6.10. The van der Waals surface area contributed by atoms with Crippen molar-refractivity contribution in [2.75, 3.05) is 13.6 Å². The summed E-state index contributed by atoms with van der Waals surface area (Å²) in [7, 11) is 1.82. The topological polar surface area (TPSA) is 40.5 Å². The second-order valence-electron chi connectivity index (χ2n) is 4.70. The summed E-state index contributed by atoms with van der Waals surface area (Å²) in [6.45, 7) is 2.81. The molecule has 1 heterocycles.